The van der Waals surface area contributed by atoms with E-state index in [4.69, 9.17) is 4.74 Å². The number of halogens is 1. The van der Waals surface area contributed by atoms with Gasteiger partial charge < -0.3 is 10.1 Å². The van der Waals surface area contributed by atoms with Gasteiger partial charge in [-0.1, -0.05) is 15.9 Å². The molecule has 0 aromatic heterocycles. The summed E-state index contributed by atoms with van der Waals surface area (Å²) in [5.41, 5.74) is 0.794. The Labute approximate surface area is 104 Å². The minimum atomic E-state index is 0.00871. The second-order valence-electron chi connectivity index (χ2n) is 3.68. The summed E-state index contributed by atoms with van der Waals surface area (Å²) in [5, 5.41) is 3.47. The molecule has 0 bridgehead atoms. The maximum atomic E-state index is 11.3. The van der Waals surface area contributed by atoms with Crippen molar-refractivity contribution >= 4 is 27.5 Å². The number of ether oxygens (including phenoxy) is 1. The fourth-order valence-corrected chi connectivity index (χ4v) is 1.56. The average molecular weight is 286 g/mol. The number of hydrogen-bond acceptors (Lipinski definition) is 2. The maximum absolute atomic E-state index is 11.3. The average Bonchev–Trinajstić information content (AvgIpc) is 2.20. The minimum absolute atomic E-state index is 0.00871. The molecule has 16 heavy (non-hydrogen) atoms. The first kappa shape index (κ1) is 13.0. The van der Waals surface area contributed by atoms with Crippen LogP contribution in [0, 0.1) is 0 Å². The fourth-order valence-electron chi connectivity index (χ4n) is 1.20. The Morgan fingerprint density at radius 2 is 2.00 bits per heavy atom. The lowest BCUT2D eigenvalue weighted by atomic mass is 10.3. The number of benzene rings is 1. The molecular weight excluding hydrogens is 270 g/mol. The predicted octanol–water partition coefficient (Wildman–Crippen LogP) is 3.20. The largest absolute Gasteiger partial charge is 0.491 e. The van der Waals surface area contributed by atoms with Crippen molar-refractivity contribution in [1.29, 1.82) is 0 Å². The highest BCUT2D eigenvalue weighted by atomic mass is 79.9. The molecule has 1 N–H and O–H groups in total. The quantitative estimate of drug-likeness (QED) is 0.844. The Morgan fingerprint density at radius 3 is 2.50 bits per heavy atom. The topological polar surface area (TPSA) is 38.3 Å². The van der Waals surface area contributed by atoms with E-state index in [0.29, 0.717) is 11.8 Å². The van der Waals surface area contributed by atoms with Crippen LogP contribution in [0.2, 0.25) is 0 Å². The van der Waals surface area contributed by atoms with E-state index in [1.54, 1.807) is 0 Å². The first-order valence-electron chi connectivity index (χ1n) is 5.24. The predicted molar refractivity (Wildman–Crippen MR) is 69.2 cm³/mol. The van der Waals surface area contributed by atoms with E-state index in [0.717, 1.165) is 11.4 Å². The number of carbonyl (C=O) groups excluding carboxylic acids is 1. The molecule has 1 amide bonds. The van der Waals surface area contributed by atoms with Crippen molar-refractivity contribution < 1.29 is 9.53 Å². The molecule has 0 saturated heterocycles. The zero-order chi connectivity index (χ0) is 12.0. The van der Waals surface area contributed by atoms with Crippen LogP contribution in [-0.4, -0.2) is 17.3 Å². The van der Waals surface area contributed by atoms with Crippen molar-refractivity contribution in [3.8, 4) is 5.75 Å². The van der Waals surface area contributed by atoms with Gasteiger partial charge in [0.15, 0.2) is 0 Å². The first-order chi connectivity index (χ1) is 7.61. The third kappa shape index (κ3) is 4.66. The fraction of sp³-hybridized carbons (Fsp3) is 0.417. The van der Waals surface area contributed by atoms with Gasteiger partial charge in [0.1, 0.15) is 5.75 Å². The zero-order valence-electron chi connectivity index (χ0n) is 9.50. The molecule has 0 heterocycles. The SMILES string of the molecule is CC(C)Oc1ccc(NC(=O)CCBr)cc1. The number of rotatable bonds is 5. The molecule has 1 aromatic rings. The van der Waals surface area contributed by atoms with E-state index in [1.807, 2.05) is 38.1 Å². The maximum Gasteiger partial charge on any atom is 0.225 e. The molecule has 0 saturated carbocycles. The van der Waals surface area contributed by atoms with E-state index in [9.17, 15) is 4.79 Å². The van der Waals surface area contributed by atoms with E-state index in [2.05, 4.69) is 21.2 Å². The highest BCUT2D eigenvalue weighted by Gasteiger charge is 2.02. The van der Waals surface area contributed by atoms with Crippen LogP contribution in [0.5, 0.6) is 5.75 Å². The van der Waals surface area contributed by atoms with Crippen LogP contribution in [0.25, 0.3) is 0 Å². The number of amides is 1. The number of carbonyl (C=O) groups is 1. The Hall–Kier alpha value is -1.03. The molecule has 0 unspecified atom stereocenters. The first-order valence-corrected chi connectivity index (χ1v) is 6.36. The summed E-state index contributed by atoms with van der Waals surface area (Å²) < 4.78 is 5.50. The van der Waals surface area contributed by atoms with Crippen molar-refractivity contribution in [3.63, 3.8) is 0 Å². The molecule has 88 valence electrons. The standard InChI is InChI=1S/C12H16BrNO2/c1-9(2)16-11-5-3-10(4-6-11)14-12(15)7-8-13/h3-6,9H,7-8H2,1-2H3,(H,14,15). The molecule has 0 aliphatic heterocycles. The Balaban J connectivity index is 2.54. The number of alkyl halides is 1. The molecule has 0 atom stereocenters. The summed E-state index contributed by atoms with van der Waals surface area (Å²) in [4.78, 5) is 11.3. The monoisotopic (exact) mass is 285 g/mol. The van der Waals surface area contributed by atoms with Crippen LogP contribution in [-0.2, 0) is 4.79 Å². The van der Waals surface area contributed by atoms with Gasteiger partial charge >= 0.3 is 0 Å². The Bertz CT molecular complexity index is 335. The van der Waals surface area contributed by atoms with Gasteiger partial charge in [0.2, 0.25) is 5.91 Å². The second kappa shape index (κ2) is 6.53. The smallest absolute Gasteiger partial charge is 0.225 e. The molecule has 0 fully saturated rings. The van der Waals surface area contributed by atoms with Crippen LogP contribution in [0.15, 0.2) is 24.3 Å². The van der Waals surface area contributed by atoms with Crippen LogP contribution in [0.4, 0.5) is 5.69 Å². The molecule has 0 aliphatic rings. The van der Waals surface area contributed by atoms with Crippen LogP contribution < -0.4 is 10.1 Å². The number of hydrogen-bond donors (Lipinski definition) is 1. The lowest BCUT2D eigenvalue weighted by Crippen LogP contribution is -2.11. The molecule has 3 nitrogen and oxygen atoms in total. The van der Waals surface area contributed by atoms with Gasteiger partial charge in [0.25, 0.3) is 0 Å². The lowest BCUT2D eigenvalue weighted by Gasteiger charge is -2.10. The van der Waals surface area contributed by atoms with E-state index in [-0.39, 0.29) is 12.0 Å². The molecule has 1 aromatic carbocycles. The van der Waals surface area contributed by atoms with Gasteiger partial charge in [-0.3, -0.25) is 4.79 Å². The second-order valence-corrected chi connectivity index (χ2v) is 4.47. The molecule has 0 radical (unpaired) electrons. The summed E-state index contributed by atoms with van der Waals surface area (Å²) in [7, 11) is 0. The molecule has 1 rings (SSSR count). The van der Waals surface area contributed by atoms with Crippen molar-refractivity contribution in [2.24, 2.45) is 0 Å². The summed E-state index contributed by atoms with van der Waals surface area (Å²) in [6.45, 7) is 3.96. The molecule has 0 aliphatic carbocycles. The van der Waals surface area contributed by atoms with Gasteiger partial charge in [0, 0.05) is 17.4 Å². The summed E-state index contributed by atoms with van der Waals surface area (Å²) >= 11 is 3.22. The van der Waals surface area contributed by atoms with Crippen LogP contribution in [0.3, 0.4) is 0 Å². The Morgan fingerprint density at radius 1 is 1.38 bits per heavy atom. The normalized spacial score (nSPS) is 10.2. The van der Waals surface area contributed by atoms with Crippen molar-refractivity contribution in [1.82, 2.24) is 0 Å². The summed E-state index contributed by atoms with van der Waals surface area (Å²) in [5.74, 6) is 0.822. The highest BCUT2D eigenvalue weighted by molar-refractivity contribution is 9.09. The molecular formula is C12H16BrNO2. The summed E-state index contributed by atoms with van der Waals surface area (Å²) in [6.07, 6.45) is 0.637. The van der Waals surface area contributed by atoms with Gasteiger partial charge in [-0.15, -0.1) is 0 Å². The van der Waals surface area contributed by atoms with Gasteiger partial charge in [-0.25, -0.2) is 0 Å². The Kier molecular flexibility index (Phi) is 5.32. The van der Waals surface area contributed by atoms with Crippen molar-refractivity contribution in [2.75, 3.05) is 10.6 Å². The third-order valence-electron chi connectivity index (χ3n) is 1.83. The highest BCUT2D eigenvalue weighted by Crippen LogP contribution is 2.17. The van der Waals surface area contributed by atoms with E-state index in [1.165, 1.54) is 0 Å². The van der Waals surface area contributed by atoms with Gasteiger partial charge in [0.05, 0.1) is 6.10 Å². The minimum Gasteiger partial charge on any atom is -0.491 e. The van der Waals surface area contributed by atoms with Crippen LogP contribution in [0.1, 0.15) is 20.3 Å². The van der Waals surface area contributed by atoms with Gasteiger partial charge in [-0.2, -0.15) is 0 Å². The molecule has 0 spiro atoms. The van der Waals surface area contributed by atoms with Crippen molar-refractivity contribution in [2.45, 2.75) is 26.4 Å². The van der Waals surface area contributed by atoms with E-state index < -0.39 is 0 Å². The third-order valence-corrected chi connectivity index (χ3v) is 2.23. The molecule has 4 heteroatoms. The number of anilines is 1. The van der Waals surface area contributed by atoms with Crippen LogP contribution >= 0.6 is 15.9 Å². The number of nitrogens with one attached hydrogen (secondary N) is 1. The zero-order valence-corrected chi connectivity index (χ0v) is 11.1. The summed E-state index contributed by atoms with van der Waals surface area (Å²) in [6, 6.07) is 7.38. The lowest BCUT2D eigenvalue weighted by molar-refractivity contribution is -0.115. The van der Waals surface area contributed by atoms with E-state index >= 15 is 0 Å². The van der Waals surface area contributed by atoms with Gasteiger partial charge in [-0.05, 0) is 38.1 Å². The van der Waals surface area contributed by atoms with Crippen molar-refractivity contribution in [3.05, 3.63) is 24.3 Å².